The van der Waals surface area contributed by atoms with Crippen LogP contribution in [0.2, 0.25) is 0 Å². The molecule has 0 aliphatic carbocycles. The summed E-state index contributed by atoms with van der Waals surface area (Å²) < 4.78 is 132. The number of likely N-dealkylation sites (tertiary alicyclic amines) is 2. The number of alkyl halides is 9. The molecule has 3 aliphatic rings. The Morgan fingerprint density at radius 1 is 0.789 bits per heavy atom. The van der Waals surface area contributed by atoms with E-state index in [0.717, 1.165) is 46.8 Å². The topological polar surface area (TPSA) is 92.3 Å². The molecule has 3 aromatic carbocycles. The SMILES string of the molecule is O=C(NCCCn1cc(-c2ccc(OC(F)(F)F)cc2)c2cc(CN3CC4CC3CN4Cc3c(OC(F)(F)F)cccc3OC(F)(F)F)ccc21)C1CNCCN1. The normalized spacial score (nSPS) is 20.6. The first-order valence-electron chi connectivity index (χ1n) is 18.3. The predicted molar refractivity (Wildman–Crippen MR) is 189 cm³/mol. The van der Waals surface area contributed by atoms with E-state index in [0.29, 0.717) is 64.2 Å². The summed E-state index contributed by atoms with van der Waals surface area (Å²) in [4.78, 5) is 16.6. The number of fused-ring (bicyclic) bond motifs is 3. The van der Waals surface area contributed by atoms with Crippen molar-refractivity contribution in [3.05, 3.63) is 78.0 Å². The second-order valence-corrected chi connectivity index (χ2v) is 14.2. The minimum Gasteiger partial charge on any atom is -0.406 e. The van der Waals surface area contributed by atoms with Gasteiger partial charge in [-0.1, -0.05) is 24.3 Å². The van der Waals surface area contributed by atoms with Gasteiger partial charge in [0.25, 0.3) is 0 Å². The van der Waals surface area contributed by atoms with E-state index in [4.69, 9.17) is 0 Å². The lowest BCUT2D eigenvalue weighted by Gasteiger charge is -2.34. The predicted octanol–water partition coefficient (Wildman–Crippen LogP) is 6.53. The van der Waals surface area contributed by atoms with Crippen LogP contribution in [0, 0.1) is 0 Å². The monoisotopic (exact) mass is 814 g/mol. The van der Waals surface area contributed by atoms with Crippen LogP contribution in [-0.4, -0.2) is 96.8 Å². The van der Waals surface area contributed by atoms with Crippen molar-refractivity contribution in [1.29, 1.82) is 0 Å². The Morgan fingerprint density at radius 2 is 1.44 bits per heavy atom. The van der Waals surface area contributed by atoms with Gasteiger partial charge in [0, 0.05) is 93.6 Å². The Bertz CT molecular complexity index is 2000. The van der Waals surface area contributed by atoms with E-state index in [1.165, 1.54) is 12.1 Å². The highest BCUT2D eigenvalue weighted by atomic mass is 19.4. The maximum atomic E-state index is 13.2. The van der Waals surface area contributed by atoms with Gasteiger partial charge in [-0.3, -0.25) is 14.6 Å². The van der Waals surface area contributed by atoms with E-state index >= 15 is 0 Å². The Balaban J connectivity index is 1.06. The molecule has 0 spiro atoms. The van der Waals surface area contributed by atoms with Crippen molar-refractivity contribution in [2.45, 2.75) is 69.7 Å². The number of halogens is 9. The zero-order valence-corrected chi connectivity index (χ0v) is 30.2. The number of piperazine rings is 2. The number of carbonyl (C=O) groups is 1. The number of carbonyl (C=O) groups excluding carboxylic acids is 1. The van der Waals surface area contributed by atoms with Gasteiger partial charge in [0.1, 0.15) is 17.2 Å². The third-order valence-electron chi connectivity index (χ3n) is 10.3. The molecule has 3 N–H and O–H groups in total. The summed E-state index contributed by atoms with van der Waals surface area (Å²) in [5.41, 5.74) is 2.89. The van der Waals surface area contributed by atoms with E-state index < -0.39 is 30.6 Å². The number of hydrogen-bond acceptors (Lipinski definition) is 8. The number of nitrogens with zero attached hydrogens (tertiary/aromatic N) is 3. The van der Waals surface area contributed by atoms with Crippen LogP contribution in [0.25, 0.3) is 22.0 Å². The molecule has 1 aromatic heterocycles. The summed E-state index contributed by atoms with van der Waals surface area (Å²) in [6, 6.07) is 14.0. The molecule has 3 atom stereocenters. The number of aromatic nitrogens is 1. The molecule has 3 saturated heterocycles. The summed E-state index contributed by atoms with van der Waals surface area (Å²) in [5, 5.41) is 10.2. The van der Waals surface area contributed by atoms with Gasteiger partial charge in [0.15, 0.2) is 0 Å². The van der Waals surface area contributed by atoms with Gasteiger partial charge >= 0.3 is 19.1 Å². The third-order valence-corrected chi connectivity index (χ3v) is 10.3. The standard InChI is InChI=1S/C38H39F9N6O4/c39-36(40,41)55-27-8-6-24(7-9-27)29-21-51(14-2-11-50-35(54)31-17-48-12-13-49-31)32-10-5-23(15-28(29)32)18-52-19-26-16-25(52)20-53(26)22-30-33(56-37(42,43)44)3-1-4-34(30)57-38(45,46)47/h1,3-10,15,21,25-26,31,48-49H,2,11-14,16-20,22H2,(H,50,54). The first-order valence-corrected chi connectivity index (χ1v) is 18.3. The molecule has 308 valence electrons. The van der Waals surface area contributed by atoms with Crippen LogP contribution in [0.5, 0.6) is 17.2 Å². The lowest BCUT2D eigenvalue weighted by atomic mass is 10.0. The lowest BCUT2D eigenvalue weighted by molar-refractivity contribution is -0.277. The van der Waals surface area contributed by atoms with E-state index in [9.17, 15) is 44.3 Å². The molecule has 10 nitrogen and oxygen atoms in total. The minimum atomic E-state index is -5.12. The van der Waals surface area contributed by atoms with Gasteiger partial charge in [0.05, 0.1) is 11.6 Å². The molecule has 3 fully saturated rings. The first-order chi connectivity index (χ1) is 27.0. The molecule has 57 heavy (non-hydrogen) atoms. The highest BCUT2D eigenvalue weighted by Gasteiger charge is 2.44. The van der Waals surface area contributed by atoms with E-state index in [1.807, 2.05) is 33.9 Å². The lowest BCUT2D eigenvalue weighted by Crippen LogP contribution is -2.55. The summed E-state index contributed by atoms with van der Waals surface area (Å²) in [6.45, 7) is 4.15. The van der Waals surface area contributed by atoms with Crippen LogP contribution in [0.1, 0.15) is 24.0 Å². The van der Waals surface area contributed by atoms with Crippen molar-refractivity contribution in [1.82, 2.24) is 30.3 Å². The molecule has 3 unspecified atom stereocenters. The van der Waals surface area contributed by atoms with Crippen molar-refractivity contribution in [2.24, 2.45) is 0 Å². The van der Waals surface area contributed by atoms with E-state index in [-0.39, 0.29) is 41.9 Å². The van der Waals surface area contributed by atoms with Gasteiger partial charge in [-0.2, -0.15) is 0 Å². The molecule has 1 amide bonds. The maximum Gasteiger partial charge on any atom is 0.573 e. The van der Waals surface area contributed by atoms with Crippen LogP contribution in [0.3, 0.4) is 0 Å². The molecule has 4 aromatic rings. The van der Waals surface area contributed by atoms with Gasteiger partial charge in [-0.05, 0) is 60.4 Å². The highest BCUT2D eigenvalue weighted by Crippen LogP contribution is 2.40. The number of rotatable bonds is 13. The first kappa shape index (κ1) is 40.5. The second-order valence-electron chi connectivity index (χ2n) is 14.2. The number of hydrogen-bond donors (Lipinski definition) is 3. The average Bonchev–Trinajstić information content (AvgIpc) is 3.83. The van der Waals surface area contributed by atoms with Crippen LogP contribution in [0.4, 0.5) is 39.5 Å². The quantitative estimate of drug-likeness (QED) is 0.104. The fraction of sp³-hybridized carbons (Fsp3) is 0.447. The van der Waals surface area contributed by atoms with Crippen LogP contribution in [0.15, 0.2) is 66.9 Å². The molecule has 0 radical (unpaired) electrons. The average molecular weight is 815 g/mol. The minimum absolute atomic E-state index is 0.0339. The summed E-state index contributed by atoms with van der Waals surface area (Å²) in [5.74, 6) is -1.97. The van der Waals surface area contributed by atoms with Crippen LogP contribution in [-0.2, 0) is 24.4 Å². The number of nitrogens with one attached hydrogen (secondary N) is 3. The third kappa shape index (κ3) is 10.2. The zero-order valence-electron chi connectivity index (χ0n) is 30.2. The molecule has 7 rings (SSSR count). The van der Waals surface area contributed by atoms with Crippen LogP contribution < -0.4 is 30.2 Å². The Morgan fingerprint density at radius 3 is 2.04 bits per heavy atom. The molecular weight excluding hydrogens is 775 g/mol. The molecule has 2 bridgehead atoms. The number of benzene rings is 3. The number of amides is 1. The van der Waals surface area contributed by atoms with Gasteiger partial charge < -0.3 is 34.7 Å². The summed E-state index contributed by atoms with van der Waals surface area (Å²) in [6.07, 6.45) is -11.9. The van der Waals surface area contributed by atoms with E-state index in [2.05, 4.69) is 35.1 Å². The Labute approximate surface area is 320 Å². The molecule has 19 heteroatoms. The molecular formula is C38H39F9N6O4. The summed E-state index contributed by atoms with van der Waals surface area (Å²) >= 11 is 0. The molecule has 3 aliphatic heterocycles. The fourth-order valence-corrected chi connectivity index (χ4v) is 7.92. The number of ether oxygens (including phenoxy) is 3. The van der Waals surface area contributed by atoms with Crippen molar-refractivity contribution in [3.8, 4) is 28.4 Å². The van der Waals surface area contributed by atoms with Gasteiger partial charge in [0.2, 0.25) is 5.91 Å². The Kier molecular flexibility index (Phi) is 11.5. The smallest absolute Gasteiger partial charge is 0.406 e. The van der Waals surface area contributed by atoms with Gasteiger partial charge in [-0.15, -0.1) is 39.5 Å². The fourth-order valence-electron chi connectivity index (χ4n) is 7.92. The van der Waals surface area contributed by atoms with Crippen molar-refractivity contribution >= 4 is 16.8 Å². The largest absolute Gasteiger partial charge is 0.573 e. The molecule has 0 saturated carbocycles. The van der Waals surface area contributed by atoms with Crippen LogP contribution >= 0.6 is 0 Å². The van der Waals surface area contributed by atoms with Gasteiger partial charge in [-0.25, -0.2) is 0 Å². The summed E-state index contributed by atoms with van der Waals surface area (Å²) in [7, 11) is 0. The molecule has 4 heterocycles. The zero-order chi connectivity index (χ0) is 40.5. The van der Waals surface area contributed by atoms with Crippen molar-refractivity contribution in [3.63, 3.8) is 0 Å². The van der Waals surface area contributed by atoms with Crippen molar-refractivity contribution in [2.75, 3.05) is 39.3 Å². The maximum absolute atomic E-state index is 13.2. The van der Waals surface area contributed by atoms with E-state index in [1.54, 1.807) is 12.1 Å². The highest BCUT2D eigenvalue weighted by molar-refractivity contribution is 5.96. The second kappa shape index (κ2) is 16.3. The number of aryl methyl sites for hydroxylation is 1. The Hall–Kier alpha value is -4.72. The van der Waals surface area contributed by atoms with Crippen molar-refractivity contribution < 1.29 is 58.5 Å².